The molecule has 0 atom stereocenters. The van der Waals surface area contributed by atoms with Gasteiger partial charge in [0.1, 0.15) is 0 Å². The summed E-state index contributed by atoms with van der Waals surface area (Å²) < 4.78 is 27.1. The van der Waals surface area contributed by atoms with Gasteiger partial charge in [-0.3, -0.25) is 4.72 Å². The molecular weight excluding hydrogens is 308 g/mol. The standard InChI is InChI=1S/C15H13ClN2O2S/c1-10-3-6-15(14(16)7-10)18-21(19,20)13-5-4-12(9-17)11(2)8-13/h3-8,18H,1-2H3. The van der Waals surface area contributed by atoms with Crippen molar-refractivity contribution in [1.82, 2.24) is 0 Å². The van der Waals surface area contributed by atoms with Gasteiger partial charge >= 0.3 is 0 Å². The minimum absolute atomic E-state index is 0.0932. The lowest BCUT2D eigenvalue weighted by Gasteiger charge is -2.11. The molecule has 0 saturated heterocycles. The molecule has 0 bridgehead atoms. The number of nitrogens with one attached hydrogen (secondary N) is 1. The first-order valence-corrected chi connectivity index (χ1v) is 7.99. The molecule has 1 N–H and O–H groups in total. The fourth-order valence-corrected chi connectivity index (χ4v) is 3.34. The average molecular weight is 321 g/mol. The fourth-order valence-electron chi connectivity index (χ4n) is 1.84. The molecule has 2 aromatic carbocycles. The molecule has 0 saturated carbocycles. The monoisotopic (exact) mass is 320 g/mol. The number of sulfonamides is 1. The third-order valence-electron chi connectivity index (χ3n) is 3.00. The second kappa shape index (κ2) is 5.76. The van der Waals surface area contributed by atoms with Crippen molar-refractivity contribution in [2.24, 2.45) is 0 Å². The summed E-state index contributed by atoms with van der Waals surface area (Å²) in [5.41, 5.74) is 2.32. The van der Waals surface area contributed by atoms with E-state index in [-0.39, 0.29) is 4.90 Å². The zero-order chi connectivity index (χ0) is 15.6. The molecule has 0 heterocycles. The van der Waals surface area contributed by atoms with Crippen LogP contribution in [0.1, 0.15) is 16.7 Å². The van der Waals surface area contributed by atoms with Gasteiger partial charge in [0.25, 0.3) is 10.0 Å². The van der Waals surface area contributed by atoms with Crippen molar-refractivity contribution in [3.8, 4) is 6.07 Å². The zero-order valence-corrected chi connectivity index (χ0v) is 13.1. The highest BCUT2D eigenvalue weighted by Crippen LogP contribution is 2.26. The van der Waals surface area contributed by atoms with E-state index in [9.17, 15) is 8.42 Å². The molecule has 0 aliphatic rings. The smallest absolute Gasteiger partial charge is 0.261 e. The number of benzene rings is 2. The third-order valence-corrected chi connectivity index (χ3v) is 4.67. The molecule has 6 heteroatoms. The normalized spacial score (nSPS) is 11.0. The summed E-state index contributed by atoms with van der Waals surface area (Å²) in [6, 6.07) is 11.4. The van der Waals surface area contributed by atoms with Crippen LogP contribution in [0.25, 0.3) is 0 Å². The predicted molar refractivity (Wildman–Crippen MR) is 82.9 cm³/mol. The number of nitrogens with zero attached hydrogens (tertiary/aromatic N) is 1. The van der Waals surface area contributed by atoms with E-state index in [2.05, 4.69) is 4.72 Å². The topological polar surface area (TPSA) is 70.0 Å². The summed E-state index contributed by atoms with van der Waals surface area (Å²) in [5, 5.41) is 9.21. The van der Waals surface area contributed by atoms with Crippen LogP contribution in [0, 0.1) is 25.2 Å². The molecule has 21 heavy (non-hydrogen) atoms. The molecule has 2 aromatic rings. The average Bonchev–Trinajstić information content (AvgIpc) is 2.42. The summed E-state index contributed by atoms with van der Waals surface area (Å²) in [7, 11) is -3.74. The molecule has 4 nitrogen and oxygen atoms in total. The number of hydrogen-bond donors (Lipinski definition) is 1. The highest BCUT2D eigenvalue weighted by atomic mass is 35.5. The Labute approximate surface area is 129 Å². The molecule has 0 unspecified atom stereocenters. The molecule has 0 fully saturated rings. The minimum atomic E-state index is -3.74. The largest absolute Gasteiger partial charge is 0.278 e. The number of anilines is 1. The Morgan fingerprint density at radius 3 is 2.43 bits per heavy atom. The number of nitriles is 1. The Balaban J connectivity index is 2.39. The van der Waals surface area contributed by atoms with Crippen LogP contribution < -0.4 is 4.72 Å². The van der Waals surface area contributed by atoms with Gasteiger partial charge in [0.05, 0.1) is 27.2 Å². The zero-order valence-electron chi connectivity index (χ0n) is 11.5. The lowest BCUT2D eigenvalue weighted by atomic mass is 10.1. The Morgan fingerprint density at radius 2 is 1.86 bits per heavy atom. The molecular formula is C15H13ClN2O2S. The van der Waals surface area contributed by atoms with E-state index in [1.54, 1.807) is 25.1 Å². The van der Waals surface area contributed by atoms with Crippen LogP contribution in [0.4, 0.5) is 5.69 Å². The molecule has 0 spiro atoms. The second-order valence-electron chi connectivity index (χ2n) is 4.68. The van der Waals surface area contributed by atoms with Crippen LogP contribution in [0.2, 0.25) is 5.02 Å². The lowest BCUT2D eigenvalue weighted by Crippen LogP contribution is -2.13. The summed E-state index contributed by atoms with van der Waals surface area (Å²) in [6.07, 6.45) is 0. The number of aryl methyl sites for hydroxylation is 2. The second-order valence-corrected chi connectivity index (χ2v) is 6.77. The third kappa shape index (κ3) is 3.35. The van der Waals surface area contributed by atoms with Gasteiger partial charge in [0.2, 0.25) is 0 Å². The van der Waals surface area contributed by atoms with E-state index in [1.807, 2.05) is 13.0 Å². The maximum absolute atomic E-state index is 12.3. The van der Waals surface area contributed by atoms with Gasteiger partial charge in [-0.25, -0.2) is 8.42 Å². The predicted octanol–water partition coefficient (Wildman–Crippen LogP) is 3.63. The molecule has 108 valence electrons. The van der Waals surface area contributed by atoms with Crippen LogP contribution in [-0.2, 0) is 10.0 Å². The van der Waals surface area contributed by atoms with Gasteiger partial charge in [0, 0.05) is 0 Å². The Morgan fingerprint density at radius 1 is 1.14 bits per heavy atom. The molecule has 0 aliphatic carbocycles. The van der Waals surface area contributed by atoms with Crippen molar-refractivity contribution in [2.75, 3.05) is 4.72 Å². The molecule has 0 aliphatic heterocycles. The van der Waals surface area contributed by atoms with Crippen LogP contribution >= 0.6 is 11.6 Å². The van der Waals surface area contributed by atoms with Gasteiger partial charge in [-0.1, -0.05) is 17.7 Å². The van der Waals surface area contributed by atoms with Gasteiger partial charge in [-0.05, 0) is 55.3 Å². The summed E-state index contributed by atoms with van der Waals surface area (Å²) in [5.74, 6) is 0. The van der Waals surface area contributed by atoms with E-state index < -0.39 is 10.0 Å². The first-order chi connectivity index (χ1) is 9.83. The van der Waals surface area contributed by atoms with Crippen LogP contribution in [0.5, 0.6) is 0 Å². The van der Waals surface area contributed by atoms with Crippen molar-refractivity contribution in [1.29, 1.82) is 5.26 Å². The quantitative estimate of drug-likeness (QED) is 0.938. The number of halogens is 1. The van der Waals surface area contributed by atoms with Gasteiger partial charge in [-0.15, -0.1) is 0 Å². The molecule has 0 amide bonds. The van der Waals surface area contributed by atoms with Crippen molar-refractivity contribution in [3.05, 3.63) is 58.1 Å². The van der Waals surface area contributed by atoms with E-state index in [0.29, 0.717) is 21.8 Å². The fraction of sp³-hybridized carbons (Fsp3) is 0.133. The van der Waals surface area contributed by atoms with E-state index >= 15 is 0 Å². The summed E-state index contributed by atoms with van der Waals surface area (Å²) in [6.45, 7) is 3.56. The van der Waals surface area contributed by atoms with Gasteiger partial charge in [-0.2, -0.15) is 5.26 Å². The van der Waals surface area contributed by atoms with Crippen molar-refractivity contribution in [2.45, 2.75) is 18.7 Å². The van der Waals surface area contributed by atoms with Gasteiger partial charge in [0.15, 0.2) is 0 Å². The van der Waals surface area contributed by atoms with Crippen LogP contribution in [0.3, 0.4) is 0 Å². The molecule has 0 radical (unpaired) electrons. The van der Waals surface area contributed by atoms with Crippen molar-refractivity contribution in [3.63, 3.8) is 0 Å². The first-order valence-electron chi connectivity index (χ1n) is 6.13. The maximum atomic E-state index is 12.3. The Bertz CT molecular complexity index is 839. The highest BCUT2D eigenvalue weighted by molar-refractivity contribution is 7.92. The van der Waals surface area contributed by atoms with Crippen LogP contribution in [-0.4, -0.2) is 8.42 Å². The summed E-state index contributed by atoms with van der Waals surface area (Å²) in [4.78, 5) is 0.0932. The van der Waals surface area contributed by atoms with E-state index in [1.165, 1.54) is 18.2 Å². The Hall–Kier alpha value is -2.03. The van der Waals surface area contributed by atoms with E-state index in [0.717, 1.165) is 5.56 Å². The van der Waals surface area contributed by atoms with E-state index in [4.69, 9.17) is 16.9 Å². The van der Waals surface area contributed by atoms with Crippen molar-refractivity contribution >= 4 is 27.3 Å². The SMILES string of the molecule is Cc1ccc(NS(=O)(=O)c2ccc(C#N)c(C)c2)c(Cl)c1. The minimum Gasteiger partial charge on any atom is -0.278 e. The van der Waals surface area contributed by atoms with Gasteiger partial charge < -0.3 is 0 Å². The molecule has 2 rings (SSSR count). The van der Waals surface area contributed by atoms with Crippen LogP contribution in [0.15, 0.2) is 41.3 Å². The first kappa shape index (κ1) is 15.4. The highest BCUT2D eigenvalue weighted by Gasteiger charge is 2.16. The van der Waals surface area contributed by atoms with Crippen molar-refractivity contribution < 1.29 is 8.42 Å². The summed E-state index contributed by atoms with van der Waals surface area (Å²) >= 11 is 6.03. The lowest BCUT2D eigenvalue weighted by molar-refractivity contribution is 0.601. The Kier molecular flexibility index (Phi) is 4.21. The number of hydrogen-bond acceptors (Lipinski definition) is 3. The number of rotatable bonds is 3. The maximum Gasteiger partial charge on any atom is 0.261 e. The molecule has 0 aromatic heterocycles.